The molecule has 0 saturated heterocycles. The molecule has 6 heteroatoms. The predicted molar refractivity (Wildman–Crippen MR) is 103 cm³/mol. The maximum Gasteiger partial charge on any atom is 0.221 e. The molecule has 0 aromatic heterocycles. The first kappa shape index (κ1) is 19.1. The van der Waals surface area contributed by atoms with Crippen molar-refractivity contribution >= 4 is 17.3 Å². The molecular formula is C21H25N2O4+. The van der Waals surface area contributed by atoms with Gasteiger partial charge in [-0.15, -0.1) is 0 Å². The number of aliphatic hydroxyl groups excluding tert-OH is 1. The number of methoxy groups -OCH3 is 1. The molecule has 0 radical (unpaired) electrons. The third kappa shape index (κ3) is 3.88. The Morgan fingerprint density at radius 3 is 2.85 bits per heavy atom. The summed E-state index contributed by atoms with van der Waals surface area (Å²) in [6.07, 6.45) is 1.10. The zero-order valence-electron chi connectivity index (χ0n) is 15.6. The normalized spacial score (nSPS) is 16.1. The molecule has 0 aliphatic heterocycles. The smallest absolute Gasteiger partial charge is 0.221 e. The Morgan fingerprint density at radius 1 is 1.33 bits per heavy atom. The zero-order valence-corrected chi connectivity index (χ0v) is 15.6. The molecule has 0 bridgehead atoms. The molecule has 0 heterocycles. The fourth-order valence-electron chi connectivity index (χ4n) is 3.38. The highest BCUT2D eigenvalue weighted by Crippen LogP contribution is 2.35. The van der Waals surface area contributed by atoms with Crippen LogP contribution in [0.3, 0.4) is 0 Å². The Kier molecular flexibility index (Phi) is 5.91. The Morgan fingerprint density at radius 2 is 2.15 bits per heavy atom. The minimum Gasteiger partial charge on any atom is -0.488 e. The summed E-state index contributed by atoms with van der Waals surface area (Å²) in [6.45, 7) is 6.49. The van der Waals surface area contributed by atoms with Crippen LogP contribution in [-0.2, 0) is 11.2 Å². The summed E-state index contributed by atoms with van der Waals surface area (Å²) in [5.41, 5.74) is 5.77. The van der Waals surface area contributed by atoms with E-state index in [9.17, 15) is 10.3 Å². The van der Waals surface area contributed by atoms with Gasteiger partial charge in [-0.05, 0) is 43.0 Å². The summed E-state index contributed by atoms with van der Waals surface area (Å²) in [5.74, 6) is 0.982. The maximum absolute atomic E-state index is 10.1. The lowest BCUT2D eigenvalue weighted by atomic mass is 10.0. The number of hydrogen-bond donors (Lipinski definition) is 3. The number of rotatable bonds is 6. The van der Waals surface area contributed by atoms with Gasteiger partial charge in [0.05, 0.1) is 25.5 Å². The van der Waals surface area contributed by atoms with E-state index in [4.69, 9.17) is 9.47 Å². The Labute approximate surface area is 158 Å². The van der Waals surface area contributed by atoms with Crippen molar-refractivity contribution in [2.45, 2.75) is 25.9 Å². The Bertz CT molecular complexity index is 876. The Balaban J connectivity index is 1.94. The summed E-state index contributed by atoms with van der Waals surface area (Å²) < 4.78 is 11.0. The molecule has 142 valence electrons. The molecule has 1 aliphatic rings. The number of aliphatic imine (C=N–C) groups is 1. The molecule has 4 N–H and O–H groups in total. The summed E-state index contributed by atoms with van der Waals surface area (Å²) in [7, 11) is 1.55. The molecule has 0 saturated carbocycles. The molecule has 2 aromatic rings. The average Bonchev–Trinajstić information content (AvgIpc) is 3.07. The topological polar surface area (TPSA) is 87.9 Å². The number of nitrogens with zero attached hydrogens (tertiary/aromatic N) is 1. The van der Waals surface area contributed by atoms with Crippen LogP contribution in [0.5, 0.6) is 5.75 Å². The van der Waals surface area contributed by atoms with Crippen molar-refractivity contribution in [3.63, 3.8) is 0 Å². The summed E-state index contributed by atoms with van der Waals surface area (Å²) in [4.78, 5) is 4.57. The number of benzene rings is 2. The van der Waals surface area contributed by atoms with Gasteiger partial charge < -0.3 is 14.6 Å². The highest BCUT2D eigenvalue weighted by Gasteiger charge is 2.23. The largest absolute Gasteiger partial charge is 0.488 e. The second-order valence-corrected chi connectivity index (χ2v) is 6.31. The molecule has 0 spiro atoms. The van der Waals surface area contributed by atoms with Gasteiger partial charge in [0, 0.05) is 17.2 Å². The number of nitrogens with two attached hydrogens (primary N) is 1. The first-order valence-corrected chi connectivity index (χ1v) is 8.95. The number of aliphatic hydroxyl groups is 1. The van der Waals surface area contributed by atoms with E-state index < -0.39 is 6.10 Å². The average molecular weight is 369 g/mol. The van der Waals surface area contributed by atoms with Gasteiger partial charge >= 0.3 is 0 Å². The number of ether oxygens (including phenoxy) is 2. The van der Waals surface area contributed by atoms with E-state index in [0.717, 1.165) is 35.0 Å². The standard InChI is InChI=1S/C21H24N2O4/c1-4-27-20-11-8-14(12-18(20)23-25)21(26-3)22-13(2)15-6-5-7-17-16(15)9-10-19(17)24/h5-8,11-12,19,23-25H,2,4,9-10H2,1,3H3/p+1. The van der Waals surface area contributed by atoms with Gasteiger partial charge in [-0.3, -0.25) is 0 Å². The minimum absolute atomic E-state index is 0.391. The first-order chi connectivity index (χ1) is 13.1. The van der Waals surface area contributed by atoms with Gasteiger partial charge in [0.1, 0.15) is 0 Å². The van der Waals surface area contributed by atoms with Crippen LogP contribution in [0.15, 0.2) is 48.0 Å². The van der Waals surface area contributed by atoms with Crippen LogP contribution in [0.2, 0.25) is 0 Å². The van der Waals surface area contributed by atoms with Crippen molar-refractivity contribution in [3.05, 3.63) is 65.2 Å². The molecule has 0 amide bonds. The molecule has 1 unspecified atom stereocenters. The second kappa shape index (κ2) is 8.35. The van der Waals surface area contributed by atoms with Crippen molar-refractivity contribution in [1.82, 2.24) is 0 Å². The molecule has 0 fully saturated rings. The van der Waals surface area contributed by atoms with Gasteiger partial charge in [0.2, 0.25) is 11.6 Å². The molecule has 6 nitrogen and oxygen atoms in total. The van der Waals surface area contributed by atoms with Crippen molar-refractivity contribution in [2.75, 3.05) is 13.7 Å². The lowest BCUT2D eigenvalue weighted by Crippen LogP contribution is -2.73. The van der Waals surface area contributed by atoms with Crippen LogP contribution in [0.4, 0.5) is 5.69 Å². The van der Waals surface area contributed by atoms with E-state index in [1.165, 1.54) is 0 Å². The van der Waals surface area contributed by atoms with E-state index in [-0.39, 0.29) is 0 Å². The van der Waals surface area contributed by atoms with Crippen LogP contribution in [0.1, 0.15) is 41.7 Å². The van der Waals surface area contributed by atoms with E-state index in [1.807, 2.05) is 31.2 Å². The molecule has 3 rings (SSSR count). The first-order valence-electron chi connectivity index (χ1n) is 8.95. The molecule has 1 aliphatic carbocycles. The van der Waals surface area contributed by atoms with Gasteiger partial charge in [0.15, 0.2) is 5.75 Å². The number of fused-ring (bicyclic) bond motifs is 1. The van der Waals surface area contributed by atoms with Crippen molar-refractivity contribution in [2.24, 2.45) is 4.99 Å². The number of hydrogen-bond acceptors (Lipinski definition) is 5. The van der Waals surface area contributed by atoms with Gasteiger partial charge in [-0.25, -0.2) is 10.2 Å². The highest BCUT2D eigenvalue weighted by atomic mass is 16.5. The van der Waals surface area contributed by atoms with E-state index in [1.54, 1.807) is 19.2 Å². The van der Waals surface area contributed by atoms with Crippen LogP contribution in [0, 0.1) is 0 Å². The van der Waals surface area contributed by atoms with E-state index >= 15 is 0 Å². The summed E-state index contributed by atoms with van der Waals surface area (Å²) in [5, 5.41) is 19.6. The van der Waals surface area contributed by atoms with E-state index in [2.05, 4.69) is 11.6 Å². The van der Waals surface area contributed by atoms with Crippen LogP contribution in [0.25, 0.3) is 5.70 Å². The zero-order chi connectivity index (χ0) is 19.4. The fourth-order valence-corrected chi connectivity index (χ4v) is 3.38. The van der Waals surface area contributed by atoms with Crippen LogP contribution >= 0.6 is 0 Å². The van der Waals surface area contributed by atoms with Gasteiger partial charge in [0.25, 0.3) is 0 Å². The highest BCUT2D eigenvalue weighted by molar-refractivity contribution is 5.98. The molecule has 27 heavy (non-hydrogen) atoms. The Hall–Kier alpha value is -2.67. The minimum atomic E-state index is -0.424. The lowest BCUT2D eigenvalue weighted by molar-refractivity contribution is -0.825. The molecule has 1 atom stereocenters. The summed E-state index contributed by atoms with van der Waals surface area (Å²) in [6, 6.07) is 11.2. The second-order valence-electron chi connectivity index (χ2n) is 6.31. The van der Waals surface area contributed by atoms with Gasteiger partial charge in [-0.1, -0.05) is 24.8 Å². The third-order valence-corrected chi connectivity index (χ3v) is 4.68. The summed E-state index contributed by atoms with van der Waals surface area (Å²) >= 11 is 0. The third-order valence-electron chi connectivity index (χ3n) is 4.68. The maximum atomic E-state index is 10.1. The quantitative estimate of drug-likeness (QED) is 0.316. The van der Waals surface area contributed by atoms with Crippen LogP contribution in [-0.4, -0.2) is 29.9 Å². The number of quaternary nitrogens is 1. The fraction of sp³-hybridized carbons (Fsp3) is 0.286. The monoisotopic (exact) mass is 369 g/mol. The van der Waals surface area contributed by atoms with Crippen molar-refractivity contribution < 1.29 is 25.3 Å². The SMILES string of the molecule is C=C(N=C(OC)c1ccc(OCC)c([NH2+]O)c1)c1cccc2c1CCC2O. The van der Waals surface area contributed by atoms with Gasteiger partial charge in [-0.2, -0.15) is 5.48 Å². The van der Waals surface area contributed by atoms with Crippen molar-refractivity contribution in [3.8, 4) is 5.75 Å². The lowest BCUT2D eigenvalue weighted by Gasteiger charge is -2.12. The van der Waals surface area contributed by atoms with E-state index in [0.29, 0.717) is 35.2 Å². The molecular weight excluding hydrogens is 344 g/mol. The molecule has 2 aromatic carbocycles. The van der Waals surface area contributed by atoms with Crippen molar-refractivity contribution in [1.29, 1.82) is 0 Å². The predicted octanol–water partition coefficient (Wildman–Crippen LogP) is 2.71. The van der Waals surface area contributed by atoms with Crippen LogP contribution < -0.4 is 10.2 Å².